The fourth-order valence-corrected chi connectivity index (χ4v) is 2.77. The van der Waals surface area contributed by atoms with Gasteiger partial charge in [0.15, 0.2) is 11.0 Å². The first kappa shape index (κ1) is 17.8. The minimum Gasteiger partial charge on any atom is -0.497 e. The van der Waals surface area contributed by atoms with Crippen LogP contribution in [0.25, 0.3) is 16.9 Å². The van der Waals surface area contributed by atoms with Crippen molar-refractivity contribution in [2.75, 3.05) is 7.11 Å². The van der Waals surface area contributed by atoms with Gasteiger partial charge >= 0.3 is 0 Å². The molecule has 2 aromatic carbocycles. The summed E-state index contributed by atoms with van der Waals surface area (Å²) in [5, 5.41) is 11.5. The van der Waals surface area contributed by atoms with Crippen LogP contribution in [0.4, 0.5) is 13.2 Å². The van der Waals surface area contributed by atoms with E-state index in [2.05, 4.69) is 10.1 Å². The molecule has 0 amide bonds. The summed E-state index contributed by atoms with van der Waals surface area (Å²) < 4.78 is 48.4. The maximum atomic E-state index is 14.6. The van der Waals surface area contributed by atoms with Crippen LogP contribution in [0.1, 0.15) is 5.82 Å². The van der Waals surface area contributed by atoms with E-state index in [1.165, 1.54) is 23.8 Å². The Hall–Kier alpha value is -3.00. The molecule has 0 fully saturated rings. The van der Waals surface area contributed by atoms with Gasteiger partial charge in [0, 0.05) is 17.8 Å². The molecule has 5 nitrogen and oxygen atoms in total. The summed E-state index contributed by atoms with van der Waals surface area (Å²) in [4.78, 5) is 3.96. The Kier molecular flexibility index (Phi) is 4.85. The largest absolute Gasteiger partial charge is 0.497 e. The maximum Gasteiger partial charge on any atom is 0.161 e. The predicted octanol–water partition coefficient (Wildman–Crippen LogP) is 4.43. The van der Waals surface area contributed by atoms with E-state index in [0.29, 0.717) is 5.69 Å². The van der Waals surface area contributed by atoms with Crippen LogP contribution in [0.2, 0.25) is 5.15 Å². The van der Waals surface area contributed by atoms with E-state index >= 15 is 0 Å². The van der Waals surface area contributed by atoms with Gasteiger partial charge in [-0.3, -0.25) is 4.57 Å². The van der Waals surface area contributed by atoms with Gasteiger partial charge in [-0.05, 0) is 24.3 Å². The summed E-state index contributed by atoms with van der Waals surface area (Å²) in [5.41, 5.74) is -0.263. The normalized spacial score (nSPS) is 11.3. The van der Waals surface area contributed by atoms with Gasteiger partial charge in [0.25, 0.3) is 0 Å². The van der Waals surface area contributed by atoms with Crippen LogP contribution in [0.3, 0.4) is 0 Å². The molecule has 0 unspecified atom stereocenters. The zero-order chi connectivity index (χ0) is 18.8. The van der Waals surface area contributed by atoms with E-state index < -0.39 is 23.0 Å². The highest BCUT2D eigenvalue weighted by Gasteiger charge is 2.24. The molecule has 0 aliphatic heterocycles. The van der Waals surface area contributed by atoms with Crippen molar-refractivity contribution in [2.24, 2.45) is 5.16 Å². The molecule has 0 radical (unpaired) electrons. The number of imidazole rings is 1. The quantitative estimate of drug-likeness (QED) is 0.413. The number of ether oxygens (including phenoxy) is 1. The third-order valence-corrected chi connectivity index (χ3v) is 3.87. The van der Waals surface area contributed by atoms with E-state index in [-0.39, 0.29) is 22.4 Å². The van der Waals surface area contributed by atoms with Gasteiger partial charge in [-0.15, -0.1) is 0 Å². The average Bonchev–Trinajstić information content (AvgIpc) is 2.91. The number of hydrogen-bond acceptors (Lipinski definition) is 4. The Morgan fingerprint density at radius 2 is 1.77 bits per heavy atom. The van der Waals surface area contributed by atoms with E-state index in [4.69, 9.17) is 21.5 Å². The number of hydrogen-bond donors (Lipinski definition) is 1. The van der Waals surface area contributed by atoms with Crippen LogP contribution in [-0.4, -0.2) is 28.1 Å². The number of benzene rings is 2. The highest BCUT2D eigenvalue weighted by molar-refractivity contribution is 6.32. The Balaban J connectivity index is 2.34. The lowest BCUT2D eigenvalue weighted by atomic mass is 10.1. The molecule has 0 aliphatic rings. The first-order valence-electron chi connectivity index (χ1n) is 7.21. The van der Waals surface area contributed by atoms with Crippen molar-refractivity contribution in [3.63, 3.8) is 0 Å². The fourth-order valence-electron chi connectivity index (χ4n) is 2.51. The van der Waals surface area contributed by atoms with Crippen molar-refractivity contribution in [2.45, 2.75) is 0 Å². The summed E-state index contributed by atoms with van der Waals surface area (Å²) in [6.07, 6.45) is 0.943. The van der Waals surface area contributed by atoms with Crippen LogP contribution in [0.5, 0.6) is 5.75 Å². The number of rotatable bonds is 4. The van der Waals surface area contributed by atoms with Gasteiger partial charge in [0.05, 0.1) is 18.4 Å². The lowest BCUT2D eigenvalue weighted by Gasteiger charge is -2.13. The average molecular weight is 382 g/mol. The molecule has 3 aromatic rings. The van der Waals surface area contributed by atoms with Gasteiger partial charge in [0.1, 0.15) is 29.4 Å². The van der Waals surface area contributed by atoms with Crippen molar-refractivity contribution in [1.82, 2.24) is 9.55 Å². The van der Waals surface area contributed by atoms with Gasteiger partial charge in [0.2, 0.25) is 0 Å². The summed E-state index contributed by atoms with van der Waals surface area (Å²) in [7, 11) is 1.28. The molecule has 1 heterocycles. The minimum atomic E-state index is -0.931. The summed E-state index contributed by atoms with van der Waals surface area (Å²) >= 11 is 6.11. The molecule has 0 spiro atoms. The summed E-state index contributed by atoms with van der Waals surface area (Å²) in [5.74, 6) is -2.38. The number of aromatic nitrogens is 2. The fraction of sp³-hybridized carbons (Fsp3) is 0.0588. The van der Waals surface area contributed by atoms with Crippen LogP contribution >= 0.6 is 11.6 Å². The highest BCUT2D eigenvalue weighted by atomic mass is 35.5. The van der Waals surface area contributed by atoms with E-state index in [0.717, 1.165) is 30.5 Å². The molecular formula is C17H11ClF3N3O2. The molecule has 1 aromatic heterocycles. The lowest BCUT2D eigenvalue weighted by molar-refractivity contribution is 0.321. The van der Waals surface area contributed by atoms with Crippen LogP contribution in [0, 0.1) is 17.5 Å². The summed E-state index contributed by atoms with van der Waals surface area (Å²) in [6.45, 7) is 0. The van der Waals surface area contributed by atoms with Crippen LogP contribution < -0.4 is 4.74 Å². The van der Waals surface area contributed by atoms with Crippen molar-refractivity contribution in [3.05, 3.63) is 64.8 Å². The zero-order valence-electron chi connectivity index (χ0n) is 13.3. The van der Waals surface area contributed by atoms with E-state index in [1.807, 2.05) is 0 Å². The van der Waals surface area contributed by atoms with Crippen molar-refractivity contribution in [1.29, 1.82) is 0 Å². The third kappa shape index (κ3) is 3.11. The third-order valence-electron chi connectivity index (χ3n) is 3.61. The molecule has 134 valence electrons. The number of oxime groups is 1. The molecule has 0 saturated heterocycles. The molecular weight excluding hydrogens is 371 g/mol. The minimum absolute atomic E-state index is 0.00581. The molecule has 9 heteroatoms. The first-order valence-corrected chi connectivity index (χ1v) is 7.59. The zero-order valence-corrected chi connectivity index (χ0v) is 14.0. The molecule has 26 heavy (non-hydrogen) atoms. The second-order valence-electron chi connectivity index (χ2n) is 5.13. The number of halogens is 4. The predicted molar refractivity (Wildman–Crippen MR) is 89.8 cm³/mol. The highest BCUT2D eigenvalue weighted by Crippen LogP contribution is 2.36. The number of nitrogens with zero attached hydrogens (tertiary/aromatic N) is 3. The molecule has 3 rings (SSSR count). The van der Waals surface area contributed by atoms with Crippen LogP contribution in [-0.2, 0) is 0 Å². The van der Waals surface area contributed by atoms with Gasteiger partial charge in [-0.25, -0.2) is 18.2 Å². The Morgan fingerprint density at radius 3 is 2.31 bits per heavy atom. The Morgan fingerprint density at radius 1 is 1.15 bits per heavy atom. The SMILES string of the molecule is COc1cc(F)c(-c2c(Cl)nc(C=NO)n2-c2ccc(F)cc2)c(F)c1. The van der Waals surface area contributed by atoms with Gasteiger partial charge in [-0.2, -0.15) is 0 Å². The molecule has 1 N–H and O–H groups in total. The van der Waals surface area contributed by atoms with Crippen molar-refractivity contribution >= 4 is 17.8 Å². The number of methoxy groups -OCH3 is 1. The topological polar surface area (TPSA) is 59.6 Å². The van der Waals surface area contributed by atoms with Crippen molar-refractivity contribution < 1.29 is 23.1 Å². The van der Waals surface area contributed by atoms with Gasteiger partial charge in [-0.1, -0.05) is 16.8 Å². The lowest BCUT2D eigenvalue weighted by Crippen LogP contribution is -2.05. The Bertz CT molecular complexity index is 965. The molecule has 0 saturated carbocycles. The standard InChI is InChI=1S/C17H11ClF3N3O2/c1-26-11-6-12(20)15(13(21)7-11)16-17(18)23-14(8-22-25)24(16)10-4-2-9(19)3-5-10/h2-8,25H,1H3. The second-order valence-corrected chi connectivity index (χ2v) is 5.49. The Labute approximate surface area is 150 Å². The molecule has 0 atom stereocenters. The summed E-state index contributed by atoms with van der Waals surface area (Å²) in [6, 6.07) is 7.05. The van der Waals surface area contributed by atoms with Crippen molar-refractivity contribution in [3.8, 4) is 22.7 Å². The molecule has 0 aliphatic carbocycles. The maximum absolute atomic E-state index is 14.6. The molecule has 0 bridgehead atoms. The second kappa shape index (κ2) is 7.09. The van der Waals surface area contributed by atoms with E-state index in [1.54, 1.807) is 0 Å². The van der Waals surface area contributed by atoms with Crippen LogP contribution in [0.15, 0.2) is 41.6 Å². The first-order chi connectivity index (χ1) is 12.5. The van der Waals surface area contributed by atoms with E-state index in [9.17, 15) is 13.2 Å². The monoisotopic (exact) mass is 381 g/mol. The smallest absolute Gasteiger partial charge is 0.161 e. The van der Waals surface area contributed by atoms with Gasteiger partial charge < -0.3 is 9.94 Å².